The first-order valence-corrected chi connectivity index (χ1v) is 11.6. The molecule has 176 valence electrons. The number of para-hydroxylation sites is 1. The van der Waals surface area contributed by atoms with Gasteiger partial charge in [0.15, 0.2) is 22.7 Å². The number of methoxy groups -OCH3 is 1. The second-order valence-corrected chi connectivity index (χ2v) is 9.24. The number of fused-ring (bicyclic) bond motifs is 2. The summed E-state index contributed by atoms with van der Waals surface area (Å²) in [5.74, 6) is -0.972. The largest absolute Gasteiger partial charge is 0.493 e. The van der Waals surface area contributed by atoms with E-state index in [0.717, 1.165) is 5.56 Å². The number of carbonyl (C=O) groups is 2. The average Bonchev–Trinajstić information content (AvgIpc) is 3.05. The summed E-state index contributed by atoms with van der Waals surface area (Å²) in [5.41, 5.74) is -1.35. The van der Waals surface area contributed by atoms with Crippen LogP contribution in [-0.2, 0) is 16.9 Å². The number of carbonyl (C=O) groups excluding carboxylic acids is 2. The zero-order chi connectivity index (χ0) is 24.7. The van der Waals surface area contributed by atoms with Gasteiger partial charge in [-0.1, -0.05) is 58.4 Å². The van der Waals surface area contributed by atoms with Crippen molar-refractivity contribution in [1.82, 2.24) is 0 Å². The zero-order valence-corrected chi connectivity index (χ0v) is 20.2. The average molecular weight is 534 g/mol. The highest BCUT2D eigenvalue weighted by Crippen LogP contribution is 2.44. The van der Waals surface area contributed by atoms with Crippen LogP contribution in [0.2, 0.25) is 0 Å². The lowest BCUT2D eigenvalue weighted by Gasteiger charge is -2.22. The van der Waals surface area contributed by atoms with Crippen LogP contribution in [0.15, 0.2) is 86.5 Å². The maximum absolute atomic E-state index is 13.5. The fourth-order valence-corrected chi connectivity index (χ4v) is 4.78. The van der Waals surface area contributed by atoms with Crippen LogP contribution >= 0.6 is 15.9 Å². The van der Waals surface area contributed by atoms with Crippen LogP contribution in [0.5, 0.6) is 5.75 Å². The number of nitrogens with zero attached hydrogens (tertiary/aromatic N) is 1. The minimum atomic E-state index is -2.14. The van der Waals surface area contributed by atoms with Crippen LogP contribution in [0.4, 0.5) is 5.69 Å². The van der Waals surface area contributed by atoms with E-state index in [1.165, 1.54) is 18.1 Å². The molecule has 0 aliphatic carbocycles. The summed E-state index contributed by atoms with van der Waals surface area (Å²) in [6.45, 7) is 0.225. The van der Waals surface area contributed by atoms with Gasteiger partial charge in [0.25, 0.3) is 5.91 Å². The van der Waals surface area contributed by atoms with Crippen molar-refractivity contribution in [2.45, 2.75) is 18.6 Å². The minimum absolute atomic E-state index is 0.218. The fraction of sp³-hybridized carbons (Fsp3) is 0.148. The molecule has 1 atom stereocenters. The van der Waals surface area contributed by atoms with Crippen molar-refractivity contribution in [3.05, 3.63) is 104 Å². The Morgan fingerprint density at radius 3 is 2.57 bits per heavy atom. The molecule has 0 saturated heterocycles. The highest BCUT2D eigenvalue weighted by Gasteiger charge is 2.51. The molecule has 0 fully saturated rings. The van der Waals surface area contributed by atoms with Gasteiger partial charge in [-0.25, -0.2) is 4.79 Å². The van der Waals surface area contributed by atoms with Crippen LogP contribution < -0.4 is 15.3 Å². The van der Waals surface area contributed by atoms with Gasteiger partial charge in [-0.05, 0) is 35.9 Å². The Morgan fingerprint density at radius 1 is 1.06 bits per heavy atom. The van der Waals surface area contributed by atoms with Crippen molar-refractivity contribution in [3.8, 4) is 5.75 Å². The van der Waals surface area contributed by atoms with Gasteiger partial charge in [0.2, 0.25) is 0 Å². The molecular weight excluding hydrogens is 514 g/mol. The Bertz CT molecular complexity index is 1530. The summed E-state index contributed by atoms with van der Waals surface area (Å²) < 4.78 is 11.2. The Balaban J connectivity index is 1.54. The van der Waals surface area contributed by atoms with Crippen molar-refractivity contribution < 1.29 is 23.8 Å². The molecule has 0 radical (unpaired) electrons. The van der Waals surface area contributed by atoms with Crippen molar-refractivity contribution in [2.24, 2.45) is 0 Å². The van der Waals surface area contributed by atoms with Crippen LogP contribution in [-0.4, -0.2) is 23.9 Å². The molecule has 1 aromatic heterocycles. The van der Waals surface area contributed by atoms with E-state index in [0.29, 0.717) is 26.9 Å². The van der Waals surface area contributed by atoms with Gasteiger partial charge >= 0.3 is 5.63 Å². The van der Waals surface area contributed by atoms with Gasteiger partial charge in [0.05, 0.1) is 25.8 Å². The Kier molecular flexibility index (Phi) is 5.78. The summed E-state index contributed by atoms with van der Waals surface area (Å²) in [6, 6.07) is 20.9. The van der Waals surface area contributed by atoms with Crippen molar-refractivity contribution >= 4 is 44.3 Å². The number of hydrogen-bond acceptors (Lipinski definition) is 6. The molecule has 7 nitrogen and oxygen atoms in total. The molecule has 4 aromatic rings. The van der Waals surface area contributed by atoms with Crippen molar-refractivity contribution in [2.75, 3.05) is 12.0 Å². The lowest BCUT2D eigenvalue weighted by molar-refractivity contribution is -0.136. The maximum Gasteiger partial charge on any atom is 0.347 e. The van der Waals surface area contributed by atoms with E-state index in [1.54, 1.807) is 36.4 Å². The molecule has 1 N–H and O–H groups in total. The van der Waals surface area contributed by atoms with Gasteiger partial charge in [0.1, 0.15) is 5.56 Å². The molecule has 2 heterocycles. The van der Waals surface area contributed by atoms with E-state index in [2.05, 4.69) is 15.9 Å². The quantitative estimate of drug-likeness (QED) is 0.288. The number of ketones is 1. The first-order chi connectivity index (χ1) is 16.8. The lowest BCUT2D eigenvalue weighted by Crippen LogP contribution is -2.42. The van der Waals surface area contributed by atoms with Gasteiger partial charge in [-0.15, -0.1) is 0 Å². The standard InChI is InChI=1S/C27H20BrNO6/c1-34-23-9-5-8-17-12-19(25(31)35-24(17)23)22(30)14-27(33)20-13-18(28)10-11-21(20)29(26(27)32)15-16-6-3-2-4-7-16/h2-13,33H,14-15H2,1H3. The van der Waals surface area contributed by atoms with Crippen LogP contribution in [0.25, 0.3) is 11.0 Å². The molecule has 0 spiro atoms. The monoisotopic (exact) mass is 533 g/mol. The Labute approximate surface area is 208 Å². The number of ether oxygens (including phenoxy) is 1. The predicted octanol–water partition coefficient (Wildman–Crippen LogP) is 4.57. The third kappa shape index (κ3) is 3.94. The highest BCUT2D eigenvalue weighted by molar-refractivity contribution is 9.10. The molecular formula is C27H20BrNO6. The van der Waals surface area contributed by atoms with E-state index in [9.17, 15) is 19.5 Å². The second kappa shape index (κ2) is 8.79. The SMILES string of the molecule is COc1cccc2cc(C(=O)CC3(O)C(=O)N(Cc4ccccc4)c4ccc(Br)cc43)c(=O)oc12. The number of halogens is 1. The first-order valence-electron chi connectivity index (χ1n) is 10.8. The first kappa shape index (κ1) is 23.0. The molecule has 3 aromatic carbocycles. The number of hydrogen-bond donors (Lipinski definition) is 1. The molecule has 35 heavy (non-hydrogen) atoms. The van der Waals surface area contributed by atoms with Gasteiger partial charge in [-0.2, -0.15) is 0 Å². The number of amides is 1. The molecule has 0 saturated carbocycles. The van der Waals surface area contributed by atoms with Gasteiger partial charge in [0, 0.05) is 15.4 Å². The van der Waals surface area contributed by atoms with E-state index in [4.69, 9.17) is 9.15 Å². The van der Waals surface area contributed by atoms with Crippen LogP contribution in [0.3, 0.4) is 0 Å². The molecule has 8 heteroatoms. The molecule has 1 unspecified atom stereocenters. The number of Topliss-reactive ketones (excluding diaryl/α,β-unsaturated/α-hetero) is 1. The van der Waals surface area contributed by atoms with Gasteiger partial charge in [-0.3, -0.25) is 9.59 Å². The summed E-state index contributed by atoms with van der Waals surface area (Å²) in [5, 5.41) is 12.1. The molecule has 5 rings (SSSR count). The highest BCUT2D eigenvalue weighted by atomic mass is 79.9. The normalized spacial score (nSPS) is 17.0. The smallest absolute Gasteiger partial charge is 0.347 e. The summed E-state index contributed by atoms with van der Waals surface area (Å²) >= 11 is 3.38. The van der Waals surface area contributed by atoms with Gasteiger partial charge < -0.3 is 19.2 Å². The molecule has 0 bridgehead atoms. The molecule has 1 aliphatic heterocycles. The zero-order valence-electron chi connectivity index (χ0n) is 18.7. The van der Waals surface area contributed by atoms with E-state index >= 15 is 0 Å². The van der Waals surface area contributed by atoms with Crippen LogP contribution in [0, 0.1) is 0 Å². The van der Waals surface area contributed by atoms with E-state index in [-0.39, 0.29) is 17.7 Å². The third-order valence-electron chi connectivity index (χ3n) is 6.14. The number of anilines is 1. The topological polar surface area (TPSA) is 97.0 Å². The Morgan fingerprint density at radius 2 is 1.83 bits per heavy atom. The maximum atomic E-state index is 13.5. The minimum Gasteiger partial charge on any atom is -0.493 e. The predicted molar refractivity (Wildman–Crippen MR) is 134 cm³/mol. The molecule has 1 aliphatic rings. The van der Waals surface area contributed by atoms with Crippen molar-refractivity contribution in [1.29, 1.82) is 0 Å². The summed E-state index contributed by atoms with van der Waals surface area (Å²) in [6.07, 6.45) is -0.610. The lowest BCUT2D eigenvalue weighted by atomic mass is 9.88. The van der Waals surface area contributed by atoms with Crippen LogP contribution in [0.1, 0.15) is 27.9 Å². The number of rotatable bonds is 6. The number of benzene rings is 3. The summed E-state index contributed by atoms with van der Waals surface area (Å²) in [7, 11) is 1.45. The fourth-order valence-electron chi connectivity index (χ4n) is 4.42. The Hall–Kier alpha value is -3.75. The number of aliphatic hydroxyl groups is 1. The van der Waals surface area contributed by atoms with E-state index < -0.39 is 29.3 Å². The van der Waals surface area contributed by atoms with Crippen molar-refractivity contribution in [3.63, 3.8) is 0 Å². The third-order valence-corrected chi connectivity index (χ3v) is 6.63. The van der Waals surface area contributed by atoms with E-state index in [1.807, 2.05) is 30.3 Å². The second-order valence-electron chi connectivity index (χ2n) is 8.32. The molecule has 1 amide bonds. The summed E-state index contributed by atoms with van der Waals surface area (Å²) in [4.78, 5) is 41.0.